The molecule has 0 aliphatic rings. The molecule has 3 aromatic rings. The number of nitrogens with zero attached hydrogens (tertiary/aromatic N) is 1. The third-order valence-electron chi connectivity index (χ3n) is 3.35. The first-order valence-corrected chi connectivity index (χ1v) is 7.69. The molecule has 0 radical (unpaired) electrons. The van der Waals surface area contributed by atoms with Crippen LogP contribution in [-0.2, 0) is 4.74 Å². The number of ether oxygens (including phenoxy) is 1. The number of carbonyl (C=O) groups excluding carboxylic acids is 2. The minimum absolute atomic E-state index is 0.110. The van der Waals surface area contributed by atoms with Crippen molar-refractivity contribution < 1.29 is 23.1 Å². The van der Waals surface area contributed by atoms with Crippen LogP contribution in [0.1, 0.15) is 23.0 Å². The van der Waals surface area contributed by atoms with Gasteiger partial charge in [0.1, 0.15) is 11.3 Å². The number of carbonyl (C=O) groups is 2. The second-order valence-electron chi connectivity index (χ2n) is 4.99. The number of nitrogens with one attached hydrogen (secondary N) is 1. The normalized spacial score (nSPS) is 10.7. The second kappa shape index (κ2) is 6.90. The van der Waals surface area contributed by atoms with Crippen LogP contribution in [0, 0.1) is 5.95 Å². The number of furan rings is 1. The summed E-state index contributed by atoms with van der Waals surface area (Å²) in [5.41, 5.74) is 0.596. The Hall–Kier alpha value is -2.93. The lowest BCUT2D eigenvalue weighted by molar-refractivity contribution is 0.101. The van der Waals surface area contributed by atoms with Gasteiger partial charge in [-0.15, -0.1) is 0 Å². The van der Waals surface area contributed by atoms with E-state index in [0.717, 1.165) is 12.3 Å². The molecule has 128 valence electrons. The van der Waals surface area contributed by atoms with E-state index in [1.54, 1.807) is 25.1 Å². The summed E-state index contributed by atoms with van der Waals surface area (Å²) in [6.07, 6.45) is 0.350. The lowest BCUT2D eigenvalue weighted by Crippen LogP contribution is -2.15. The summed E-state index contributed by atoms with van der Waals surface area (Å²) in [5.74, 6) is -1.40. The number of pyridine rings is 1. The SMILES string of the molecule is CCOC(=O)Nc1c(C(=O)c2ccc(F)nc2)oc2ccc(Cl)cc12. The average Bonchev–Trinajstić information content (AvgIpc) is 2.93. The highest BCUT2D eigenvalue weighted by atomic mass is 35.5. The van der Waals surface area contributed by atoms with Crippen molar-refractivity contribution in [2.24, 2.45) is 0 Å². The number of hydrogen-bond donors (Lipinski definition) is 1. The van der Waals surface area contributed by atoms with Crippen LogP contribution < -0.4 is 5.32 Å². The quantitative estimate of drug-likeness (QED) is 0.548. The second-order valence-corrected chi connectivity index (χ2v) is 5.43. The van der Waals surface area contributed by atoms with Crippen LogP contribution in [0.15, 0.2) is 40.9 Å². The Kier molecular flexibility index (Phi) is 4.67. The van der Waals surface area contributed by atoms with E-state index in [2.05, 4.69) is 10.3 Å². The molecule has 2 aromatic heterocycles. The van der Waals surface area contributed by atoms with Gasteiger partial charge >= 0.3 is 6.09 Å². The van der Waals surface area contributed by atoms with Crippen LogP contribution in [0.25, 0.3) is 11.0 Å². The predicted octanol–water partition coefficient (Wildman–Crippen LogP) is 4.42. The molecule has 0 aliphatic carbocycles. The number of rotatable bonds is 4. The van der Waals surface area contributed by atoms with Crippen LogP contribution in [0.3, 0.4) is 0 Å². The molecule has 0 bridgehead atoms. The van der Waals surface area contributed by atoms with Crippen LogP contribution in [0.2, 0.25) is 5.02 Å². The largest absolute Gasteiger partial charge is 0.450 e. The summed E-state index contributed by atoms with van der Waals surface area (Å²) < 4.78 is 23.4. The molecule has 1 amide bonds. The third kappa shape index (κ3) is 3.46. The van der Waals surface area contributed by atoms with Gasteiger partial charge in [0.15, 0.2) is 5.76 Å². The lowest BCUT2D eigenvalue weighted by Gasteiger charge is -2.06. The summed E-state index contributed by atoms with van der Waals surface area (Å²) in [6, 6.07) is 7.06. The van der Waals surface area contributed by atoms with Crippen molar-refractivity contribution in [3.8, 4) is 0 Å². The maximum atomic E-state index is 13.0. The average molecular weight is 363 g/mol. The number of hydrogen-bond acceptors (Lipinski definition) is 5. The highest BCUT2D eigenvalue weighted by Gasteiger charge is 2.24. The van der Waals surface area contributed by atoms with Gasteiger partial charge in [0, 0.05) is 22.2 Å². The van der Waals surface area contributed by atoms with Gasteiger partial charge in [-0.1, -0.05) is 11.6 Å². The topological polar surface area (TPSA) is 81.4 Å². The smallest absolute Gasteiger partial charge is 0.411 e. The zero-order chi connectivity index (χ0) is 18.0. The zero-order valence-electron chi connectivity index (χ0n) is 13.0. The summed E-state index contributed by atoms with van der Waals surface area (Å²) >= 11 is 5.99. The van der Waals surface area contributed by atoms with Crippen LogP contribution in [-0.4, -0.2) is 23.5 Å². The molecule has 0 saturated carbocycles. The molecular weight excluding hydrogens is 351 g/mol. The minimum atomic E-state index is -0.739. The molecule has 0 unspecified atom stereocenters. The summed E-state index contributed by atoms with van der Waals surface area (Å²) in [5, 5.41) is 3.34. The first-order valence-electron chi connectivity index (χ1n) is 7.31. The van der Waals surface area contributed by atoms with Gasteiger partial charge < -0.3 is 9.15 Å². The molecule has 0 atom stereocenters. The van der Waals surface area contributed by atoms with E-state index in [4.69, 9.17) is 20.8 Å². The van der Waals surface area contributed by atoms with Crippen molar-refractivity contribution in [2.75, 3.05) is 11.9 Å². The number of benzene rings is 1. The molecular formula is C17H12ClFN2O4. The number of ketones is 1. The summed E-state index contributed by atoms with van der Waals surface area (Å²) in [7, 11) is 0. The molecule has 6 nitrogen and oxygen atoms in total. The molecule has 8 heteroatoms. The Bertz CT molecular complexity index is 953. The van der Waals surface area contributed by atoms with Gasteiger partial charge in [-0.25, -0.2) is 9.78 Å². The molecule has 2 heterocycles. The Morgan fingerprint density at radius 3 is 2.80 bits per heavy atom. The maximum Gasteiger partial charge on any atom is 0.411 e. The predicted molar refractivity (Wildman–Crippen MR) is 89.5 cm³/mol. The van der Waals surface area contributed by atoms with Gasteiger partial charge in [-0.3, -0.25) is 10.1 Å². The van der Waals surface area contributed by atoms with E-state index in [-0.39, 0.29) is 23.6 Å². The highest BCUT2D eigenvalue weighted by molar-refractivity contribution is 6.31. The van der Waals surface area contributed by atoms with Gasteiger partial charge in [0.2, 0.25) is 11.7 Å². The first kappa shape index (κ1) is 16.9. The lowest BCUT2D eigenvalue weighted by atomic mass is 10.1. The number of halogens is 2. The van der Waals surface area contributed by atoms with E-state index >= 15 is 0 Å². The molecule has 1 N–H and O–H groups in total. The fraction of sp³-hybridized carbons (Fsp3) is 0.118. The van der Waals surface area contributed by atoms with Gasteiger partial charge in [0.25, 0.3) is 0 Å². The molecule has 25 heavy (non-hydrogen) atoms. The van der Waals surface area contributed by atoms with Crippen molar-refractivity contribution >= 4 is 40.1 Å². The fourth-order valence-corrected chi connectivity index (χ4v) is 2.44. The van der Waals surface area contributed by atoms with Crippen LogP contribution in [0.4, 0.5) is 14.9 Å². The third-order valence-corrected chi connectivity index (χ3v) is 3.58. The number of aromatic nitrogens is 1. The van der Waals surface area contributed by atoms with Crippen molar-refractivity contribution in [1.82, 2.24) is 4.98 Å². The minimum Gasteiger partial charge on any atom is -0.450 e. The molecule has 0 aliphatic heterocycles. The monoisotopic (exact) mass is 362 g/mol. The molecule has 3 rings (SSSR count). The Balaban J connectivity index is 2.11. The van der Waals surface area contributed by atoms with E-state index < -0.39 is 17.8 Å². The van der Waals surface area contributed by atoms with E-state index in [1.165, 1.54) is 6.07 Å². The van der Waals surface area contributed by atoms with Crippen molar-refractivity contribution in [1.29, 1.82) is 0 Å². The zero-order valence-corrected chi connectivity index (χ0v) is 13.8. The Labute approximate surface area is 146 Å². The first-order chi connectivity index (χ1) is 12.0. The van der Waals surface area contributed by atoms with Crippen molar-refractivity contribution in [3.05, 3.63) is 58.8 Å². The standard InChI is InChI=1S/C17H12ClFN2O4/c1-2-24-17(23)21-14-11-7-10(18)4-5-12(11)25-16(14)15(22)9-3-6-13(19)20-8-9/h3-8H,2H2,1H3,(H,21,23). The Morgan fingerprint density at radius 2 is 2.12 bits per heavy atom. The maximum absolute atomic E-state index is 13.0. The van der Waals surface area contributed by atoms with E-state index in [1.807, 2.05) is 0 Å². The van der Waals surface area contributed by atoms with E-state index in [9.17, 15) is 14.0 Å². The van der Waals surface area contributed by atoms with E-state index in [0.29, 0.717) is 16.0 Å². The van der Waals surface area contributed by atoms with Crippen LogP contribution >= 0.6 is 11.6 Å². The number of anilines is 1. The van der Waals surface area contributed by atoms with Gasteiger partial charge in [0.05, 0.1) is 6.61 Å². The molecule has 0 fully saturated rings. The molecule has 0 spiro atoms. The van der Waals surface area contributed by atoms with Crippen molar-refractivity contribution in [3.63, 3.8) is 0 Å². The van der Waals surface area contributed by atoms with Crippen LogP contribution in [0.5, 0.6) is 0 Å². The molecule has 0 saturated heterocycles. The van der Waals surface area contributed by atoms with Crippen molar-refractivity contribution in [2.45, 2.75) is 6.92 Å². The summed E-state index contributed by atoms with van der Waals surface area (Å²) in [4.78, 5) is 28.0. The number of fused-ring (bicyclic) bond motifs is 1. The summed E-state index contributed by atoms with van der Waals surface area (Å²) in [6.45, 7) is 1.81. The molecule has 1 aromatic carbocycles. The van der Waals surface area contributed by atoms with Gasteiger partial charge in [-0.2, -0.15) is 4.39 Å². The number of amides is 1. The Morgan fingerprint density at radius 1 is 1.32 bits per heavy atom. The fourth-order valence-electron chi connectivity index (χ4n) is 2.26. The van der Waals surface area contributed by atoms with Gasteiger partial charge in [-0.05, 0) is 37.3 Å². The highest BCUT2D eigenvalue weighted by Crippen LogP contribution is 2.34.